The summed E-state index contributed by atoms with van der Waals surface area (Å²) in [4.78, 5) is 4.63. The Labute approximate surface area is 229 Å². The largest absolute Gasteiger partial charge is 2.00 e. The van der Waals surface area contributed by atoms with Crippen LogP contribution in [0.1, 0.15) is 48.5 Å². The van der Waals surface area contributed by atoms with Crippen LogP contribution < -0.4 is 0 Å². The summed E-state index contributed by atoms with van der Waals surface area (Å²) in [7, 11) is 0.742. The van der Waals surface area contributed by atoms with Gasteiger partial charge in [-0.2, -0.15) is 32.4 Å². The first kappa shape index (κ1) is 30.9. The Morgan fingerprint density at radius 3 is 2.32 bits per heavy atom. The Bertz CT molecular complexity index is 1280. The molecule has 0 saturated carbocycles. The van der Waals surface area contributed by atoms with Crippen LogP contribution in [0.4, 0.5) is 26.3 Å². The first-order chi connectivity index (χ1) is 16.7. The number of hydrogen-bond acceptors (Lipinski definition) is 1. The Kier molecular flexibility index (Phi) is 10.0. The first-order valence-electron chi connectivity index (χ1n) is 11.0. The van der Waals surface area contributed by atoms with Gasteiger partial charge in [0.1, 0.15) is 0 Å². The maximum absolute atomic E-state index is 13.3. The molecule has 1 aromatic carbocycles. The number of hydrogen-bond donors (Lipinski definition) is 0. The second kappa shape index (κ2) is 12.0. The minimum Gasteiger partial charge on any atom is -0.300 e. The fourth-order valence-electron chi connectivity index (χ4n) is 3.63. The van der Waals surface area contributed by atoms with Crippen LogP contribution in [0.25, 0.3) is 11.3 Å². The van der Waals surface area contributed by atoms with E-state index in [0.717, 1.165) is 43.1 Å². The summed E-state index contributed by atoms with van der Waals surface area (Å²) in [5, 5.41) is 1.68. The van der Waals surface area contributed by atoms with Crippen molar-refractivity contribution in [2.45, 2.75) is 44.5 Å². The van der Waals surface area contributed by atoms with Crippen molar-refractivity contribution in [2.24, 2.45) is 0 Å². The van der Waals surface area contributed by atoms with Crippen LogP contribution in [0.2, 0.25) is 0 Å². The minimum atomic E-state index is -4.49. The fourth-order valence-corrected chi connectivity index (χ4v) is 4.91. The molecule has 0 N–H and O–H groups in total. The summed E-state index contributed by atoms with van der Waals surface area (Å²) < 4.78 is 79.5. The minimum absolute atomic E-state index is 0. The van der Waals surface area contributed by atoms with Crippen molar-refractivity contribution < 1.29 is 47.4 Å². The number of benzene rings is 1. The standard InChI is InChI=1S/C28H24F6NP.Pt/c1-5-9-20(27(29,30)31)16-18(2)23-13-8-15-25(36-23)26(3,4)24-14-7-12-22(35-24)19-10-6-11-21(17-19)28(32,33)34;/h5-9,11-18H,1H2,2-4H3;/q-2;+2/b9-5-,20-16+;. The molecule has 0 fully saturated rings. The van der Waals surface area contributed by atoms with Gasteiger partial charge >= 0.3 is 33.4 Å². The average molecular weight is 715 g/mol. The summed E-state index contributed by atoms with van der Waals surface area (Å²) in [5.41, 5.74) is -0.984. The molecular formula is C28H24F6NPPt. The molecule has 0 bridgehead atoms. The molecule has 37 heavy (non-hydrogen) atoms. The number of alkyl halides is 6. The predicted molar refractivity (Wildman–Crippen MR) is 132 cm³/mol. The van der Waals surface area contributed by atoms with Gasteiger partial charge in [-0.3, -0.25) is 0 Å². The molecule has 3 rings (SSSR count). The third-order valence-corrected chi connectivity index (χ3v) is 7.49. The van der Waals surface area contributed by atoms with E-state index in [1.54, 1.807) is 37.3 Å². The Hall–Kier alpha value is -2.36. The molecule has 0 aliphatic carbocycles. The van der Waals surface area contributed by atoms with Crippen molar-refractivity contribution in [2.75, 3.05) is 0 Å². The van der Waals surface area contributed by atoms with Crippen LogP contribution in [-0.2, 0) is 32.7 Å². The summed E-state index contributed by atoms with van der Waals surface area (Å²) in [6.45, 7) is 8.92. The molecule has 0 aliphatic heterocycles. The summed E-state index contributed by atoms with van der Waals surface area (Å²) >= 11 is 0. The first-order valence-corrected chi connectivity index (χ1v) is 11.9. The van der Waals surface area contributed by atoms with Gasteiger partial charge in [0.2, 0.25) is 0 Å². The van der Waals surface area contributed by atoms with Crippen LogP contribution in [0.15, 0.2) is 78.4 Å². The van der Waals surface area contributed by atoms with E-state index >= 15 is 0 Å². The van der Waals surface area contributed by atoms with E-state index in [-0.39, 0.29) is 26.6 Å². The average Bonchev–Trinajstić information content (AvgIpc) is 2.83. The molecular weight excluding hydrogens is 690 g/mol. The van der Waals surface area contributed by atoms with E-state index in [1.165, 1.54) is 12.1 Å². The number of pyridine rings is 1. The topological polar surface area (TPSA) is 12.9 Å². The third kappa shape index (κ3) is 7.58. The Morgan fingerprint density at radius 2 is 1.70 bits per heavy atom. The van der Waals surface area contributed by atoms with Crippen LogP contribution in [0, 0.1) is 13.0 Å². The van der Waals surface area contributed by atoms with E-state index < -0.39 is 34.8 Å². The van der Waals surface area contributed by atoms with Gasteiger partial charge in [0, 0.05) is 17.0 Å². The quantitative estimate of drug-likeness (QED) is 0.141. The predicted octanol–water partition coefficient (Wildman–Crippen LogP) is 9.45. The van der Waals surface area contributed by atoms with E-state index in [9.17, 15) is 26.3 Å². The van der Waals surface area contributed by atoms with Crippen LogP contribution in [0.3, 0.4) is 0 Å². The van der Waals surface area contributed by atoms with Crippen LogP contribution in [-0.4, -0.2) is 11.2 Å². The second-order valence-electron chi connectivity index (χ2n) is 8.78. The molecule has 0 radical (unpaired) electrons. The van der Waals surface area contributed by atoms with E-state index in [0.29, 0.717) is 11.4 Å². The van der Waals surface area contributed by atoms with Gasteiger partial charge in [0.25, 0.3) is 0 Å². The van der Waals surface area contributed by atoms with Gasteiger partial charge in [0.05, 0.1) is 0 Å². The summed E-state index contributed by atoms with van der Waals surface area (Å²) in [6.07, 6.45) is -5.74. The van der Waals surface area contributed by atoms with Gasteiger partial charge in [-0.15, -0.1) is 29.8 Å². The van der Waals surface area contributed by atoms with Crippen molar-refractivity contribution in [3.63, 3.8) is 0 Å². The van der Waals surface area contributed by atoms with Gasteiger partial charge in [0.15, 0.2) is 0 Å². The van der Waals surface area contributed by atoms with Crippen molar-refractivity contribution in [1.29, 1.82) is 0 Å². The SMILES string of the molecule is [CH2-]/C=C\C(=C/C(C)c1cccc(C(C)(C)c2cccc(-c3[c-]ccc(C(F)(F)F)c3)n2)p1)C(F)(F)F.[Pt+2]. The number of nitrogens with zero attached hydrogens (tertiary/aromatic N) is 1. The van der Waals surface area contributed by atoms with E-state index in [4.69, 9.17) is 0 Å². The smallest absolute Gasteiger partial charge is 0.300 e. The number of aromatic nitrogens is 1. The normalized spacial score (nSPS) is 14.1. The number of halogens is 6. The van der Waals surface area contributed by atoms with Gasteiger partial charge < -0.3 is 4.98 Å². The summed E-state index contributed by atoms with van der Waals surface area (Å²) in [5.74, 6) is -0.491. The van der Waals surface area contributed by atoms with Crippen LogP contribution in [0.5, 0.6) is 0 Å². The molecule has 1 nitrogen and oxygen atoms in total. The van der Waals surface area contributed by atoms with Crippen molar-refractivity contribution >= 4 is 8.19 Å². The zero-order valence-electron chi connectivity index (χ0n) is 20.2. The second-order valence-corrected chi connectivity index (χ2v) is 10.0. The van der Waals surface area contributed by atoms with Gasteiger partial charge in [-0.05, 0) is 47.3 Å². The molecule has 3 aromatic rings. The number of allylic oxidation sites excluding steroid dienone is 4. The molecule has 0 aliphatic rings. The maximum atomic E-state index is 13.3. The molecule has 9 heteroatoms. The van der Waals surface area contributed by atoms with Crippen LogP contribution >= 0.6 is 8.19 Å². The third-order valence-electron chi connectivity index (χ3n) is 5.73. The molecule has 1 unspecified atom stereocenters. The van der Waals surface area contributed by atoms with Gasteiger partial charge in [-0.25, -0.2) is 13.0 Å². The van der Waals surface area contributed by atoms with Crippen molar-refractivity contribution in [3.05, 3.63) is 113 Å². The molecule has 0 spiro atoms. The molecule has 1 atom stereocenters. The van der Waals surface area contributed by atoms with Crippen molar-refractivity contribution in [1.82, 2.24) is 4.98 Å². The monoisotopic (exact) mass is 714 g/mol. The Morgan fingerprint density at radius 1 is 1.03 bits per heavy atom. The molecule has 0 saturated heterocycles. The summed E-state index contributed by atoms with van der Waals surface area (Å²) in [6, 6.07) is 16.6. The zero-order valence-corrected chi connectivity index (χ0v) is 23.4. The van der Waals surface area contributed by atoms with E-state index in [1.807, 2.05) is 19.9 Å². The number of rotatable bonds is 6. The maximum Gasteiger partial charge on any atom is 2.00 e. The van der Waals surface area contributed by atoms with Gasteiger partial charge in [-0.1, -0.05) is 51.5 Å². The fraction of sp³-hybridized carbons (Fsp3) is 0.250. The molecule has 0 amide bonds. The zero-order chi connectivity index (χ0) is 26.7. The Balaban J connectivity index is 0.00000481. The molecule has 2 aromatic heterocycles. The van der Waals surface area contributed by atoms with E-state index in [2.05, 4.69) is 18.0 Å². The van der Waals surface area contributed by atoms with Crippen molar-refractivity contribution in [3.8, 4) is 11.3 Å². The molecule has 198 valence electrons. The molecule has 2 heterocycles.